The Balaban J connectivity index is 1.58. The molecule has 3 aromatic carbocycles. The molecule has 0 spiro atoms. The summed E-state index contributed by atoms with van der Waals surface area (Å²) in [6, 6.07) is 21.0. The Hall–Kier alpha value is -4.24. The molecule has 3 atom stereocenters. The normalized spacial score (nSPS) is 21.9. The lowest BCUT2D eigenvalue weighted by Gasteiger charge is -2.28. The number of ether oxygens (including phenoxy) is 1. The van der Waals surface area contributed by atoms with Crippen LogP contribution in [0.25, 0.3) is 0 Å². The molecule has 0 aromatic heterocycles. The topological polar surface area (TPSA) is 102 Å². The number of hydrogen-bond donors (Lipinski definition) is 0. The van der Waals surface area contributed by atoms with Crippen molar-refractivity contribution in [2.24, 2.45) is 5.92 Å². The predicted octanol–water partition coefficient (Wildman–Crippen LogP) is 3.65. The second-order valence-electron chi connectivity index (χ2n) is 7.72. The van der Waals surface area contributed by atoms with Gasteiger partial charge in [0.1, 0.15) is 11.7 Å². The molecule has 0 saturated carbocycles. The number of imide groups is 1. The molecule has 0 N–H and O–H groups in total. The number of hydroxylamine groups is 1. The monoisotopic (exact) mass is 445 g/mol. The maximum Gasteiger partial charge on any atom is 0.269 e. The number of rotatable bonds is 5. The Bertz CT molecular complexity index is 1230. The van der Waals surface area contributed by atoms with Crippen molar-refractivity contribution in [1.82, 2.24) is 0 Å². The summed E-state index contributed by atoms with van der Waals surface area (Å²) in [6.45, 7) is 0. The van der Waals surface area contributed by atoms with E-state index < -0.39 is 34.8 Å². The van der Waals surface area contributed by atoms with E-state index in [-0.39, 0.29) is 5.69 Å². The van der Waals surface area contributed by atoms with E-state index in [2.05, 4.69) is 0 Å². The highest BCUT2D eigenvalue weighted by atomic mass is 16.7. The largest absolute Gasteiger partial charge is 0.497 e. The van der Waals surface area contributed by atoms with Gasteiger partial charge in [0.25, 0.3) is 11.6 Å². The summed E-state index contributed by atoms with van der Waals surface area (Å²) in [4.78, 5) is 44.9. The SMILES string of the molecule is COc1ccc(N2C(=O)[C@@H]3[C@@H](ON(c4ccccc4)[C@H]3c3cccc([N+](=O)[O-])c3)C2=O)cc1. The zero-order valence-electron chi connectivity index (χ0n) is 17.5. The van der Waals surface area contributed by atoms with Crippen molar-refractivity contribution in [3.63, 3.8) is 0 Å². The van der Waals surface area contributed by atoms with Gasteiger partial charge in [0.2, 0.25) is 5.91 Å². The zero-order chi connectivity index (χ0) is 23.1. The van der Waals surface area contributed by atoms with Crippen molar-refractivity contribution in [2.75, 3.05) is 17.1 Å². The molecule has 9 nitrogen and oxygen atoms in total. The van der Waals surface area contributed by atoms with Gasteiger partial charge in [-0.2, -0.15) is 0 Å². The molecule has 5 rings (SSSR count). The quantitative estimate of drug-likeness (QED) is 0.336. The van der Waals surface area contributed by atoms with Gasteiger partial charge in [-0.1, -0.05) is 30.3 Å². The molecule has 2 aliphatic heterocycles. The molecule has 166 valence electrons. The fourth-order valence-electron chi connectivity index (χ4n) is 4.36. The Kier molecular flexibility index (Phi) is 5.02. The third-order valence-electron chi connectivity index (χ3n) is 5.88. The van der Waals surface area contributed by atoms with Crippen molar-refractivity contribution in [2.45, 2.75) is 12.1 Å². The number of methoxy groups -OCH3 is 1. The molecule has 2 aliphatic rings. The highest BCUT2D eigenvalue weighted by Crippen LogP contribution is 2.48. The molecular formula is C24H19N3O6. The minimum absolute atomic E-state index is 0.104. The number of anilines is 2. The second kappa shape index (κ2) is 8.03. The Labute approximate surface area is 188 Å². The Morgan fingerprint density at radius 1 is 0.909 bits per heavy atom. The van der Waals surface area contributed by atoms with Crippen molar-refractivity contribution < 1.29 is 24.1 Å². The molecule has 0 bridgehead atoms. The summed E-state index contributed by atoms with van der Waals surface area (Å²) < 4.78 is 5.15. The second-order valence-corrected chi connectivity index (χ2v) is 7.72. The number of nitro groups is 1. The van der Waals surface area contributed by atoms with Crippen LogP contribution in [0.2, 0.25) is 0 Å². The van der Waals surface area contributed by atoms with E-state index in [1.54, 1.807) is 48.5 Å². The van der Waals surface area contributed by atoms with Gasteiger partial charge in [-0.25, -0.2) is 9.96 Å². The molecule has 9 heteroatoms. The molecule has 2 amide bonds. The first kappa shape index (κ1) is 20.7. The zero-order valence-corrected chi connectivity index (χ0v) is 17.5. The standard InChI is InChI=1S/C24H19N3O6/c1-32-19-12-10-16(11-13-19)25-23(28)20-21(15-6-5-9-18(14-15)27(30)31)26(33-22(20)24(25)29)17-7-3-2-4-8-17/h2-14,20-22H,1H3/t20-,21-,22+/m0/s1. The molecule has 2 heterocycles. The van der Waals surface area contributed by atoms with Crippen LogP contribution in [0.5, 0.6) is 5.75 Å². The van der Waals surface area contributed by atoms with Gasteiger partial charge in [0.05, 0.1) is 29.4 Å². The van der Waals surface area contributed by atoms with Crippen LogP contribution in [0.1, 0.15) is 11.6 Å². The summed E-state index contributed by atoms with van der Waals surface area (Å²) in [5, 5.41) is 12.9. The predicted molar refractivity (Wildman–Crippen MR) is 119 cm³/mol. The average molecular weight is 445 g/mol. The van der Waals surface area contributed by atoms with E-state index in [4.69, 9.17) is 9.57 Å². The Morgan fingerprint density at radius 3 is 2.30 bits per heavy atom. The minimum Gasteiger partial charge on any atom is -0.497 e. The van der Waals surface area contributed by atoms with Crippen molar-refractivity contribution in [1.29, 1.82) is 0 Å². The minimum atomic E-state index is -1.05. The van der Waals surface area contributed by atoms with Crippen LogP contribution in [0, 0.1) is 16.0 Å². The van der Waals surface area contributed by atoms with Crippen LogP contribution >= 0.6 is 0 Å². The number of fused-ring (bicyclic) bond motifs is 1. The summed E-state index contributed by atoms with van der Waals surface area (Å²) >= 11 is 0. The maximum atomic E-state index is 13.6. The molecule has 33 heavy (non-hydrogen) atoms. The van der Waals surface area contributed by atoms with E-state index in [9.17, 15) is 19.7 Å². The van der Waals surface area contributed by atoms with Gasteiger partial charge in [-0.05, 0) is 42.0 Å². The molecule has 0 unspecified atom stereocenters. The van der Waals surface area contributed by atoms with Crippen LogP contribution in [0.3, 0.4) is 0 Å². The lowest BCUT2D eigenvalue weighted by atomic mass is 9.90. The fraction of sp³-hybridized carbons (Fsp3) is 0.167. The van der Waals surface area contributed by atoms with E-state index in [1.807, 2.05) is 18.2 Å². The van der Waals surface area contributed by atoms with Crippen LogP contribution < -0.4 is 14.7 Å². The van der Waals surface area contributed by atoms with Gasteiger partial charge in [-0.15, -0.1) is 0 Å². The fourth-order valence-corrected chi connectivity index (χ4v) is 4.36. The first-order valence-corrected chi connectivity index (χ1v) is 10.3. The molecule has 2 saturated heterocycles. The third-order valence-corrected chi connectivity index (χ3v) is 5.88. The van der Waals surface area contributed by atoms with Crippen LogP contribution in [0.4, 0.5) is 17.1 Å². The van der Waals surface area contributed by atoms with Crippen LogP contribution in [0.15, 0.2) is 78.9 Å². The number of nitrogens with zero attached hydrogens (tertiary/aromatic N) is 3. The molecule has 0 radical (unpaired) electrons. The first-order valence-electron chi connectivity index (χ1n) is 10.3. The number of para-hydroxylation sites is 1. The van der Waals surface area contributed by atoms with Crippen LogP contribution in [-0.4, -0.2) is 30.0 Å². The number of amides is 2. The summed E-state index contributed by atoms with van der Waals surface area (Å²) in [7, 11) is 1.53. The van der Waals surface area contributed by atoms with E-state index >= 15 is 0 Å². The lowest BCUT2D eigenvalue weighted by Crippen LogP contribution is -2.37. The molecule has 3 aromatic rings. The maximum absolute atomic E-state index is 13.6. The van der Waals surface area contributed by atoms with E-state index in [0.29, 0.717) is 22.7 Å². The summed E-state index contributed by atoms with van der Waals surface area (Å²) in [6.07, 6.45) is -1.05. The van der Waals surface area contributed by atoms with Gasteiger partial charge >= 0.3 is 0 Å². The van der Waals surface area contributed by atoms with Crippen LogP contribution in [-0.2, 0) is 14.4 Å². The number of non-ortho nitro benzene ring substituents is 1. The smallest absolute Gasteiger partial charge is 0.269 e. The number of benzene rings is 3. The van der Waals surface area contributed by atoms with Crippen molar-refractivity contribution >= 4 is 28.9 Å². The number of nitro benzene ring substituents is 1. The molecule has 0 aliphatic carbocycles. The first-order chi connectivity index (χ1) is 16.0. The third kappa shape index (κ3) is 3.39. The molecular weight excluding hydrogens is 426 g/mol. The van der Waals surface area contributed by atoms with E-state index in [1.165, 1.54) is 24.3 Å². The van der Waals surface area contributed by atoms with Gasteiger partial charge in [-0.3, -0.25) is 24.5 Å². The average Bonchev–Trinajstić information content (AvgIpc) is 3.36. The summed E-state index contributed by atoms with van der Waals surface area (Å²) in [5.41, 5.74) is 1.46. The Morgan fingerprint density at radius 2 is 1.64 bits per heavy atom. The van der Waals surface area contributed by atoms with E-state index in [0.717, 1.165) is 4.90 Å². The number of carbonyl (C=O) groups excluding carboxylic acids is 2. The van der Waals surface area contributed by atoms with Crippen molar-refractivity contribution in [3.05, 3.63) is 94.5 Å². The van der Waals surface area contributed by atoms with Gasteiger partial charge in [0.15, 0.2) is 6.10 Å². The molecule has 2 fully saturated rings. The highest BCUT2D eigenvalue weighted by Gasteiger charge is 2.60. The number of hydrogen-bond acceptors (Lipinski definition) is 7. The lowest BCUT2D eigenvalue weighted by molar-refractivity contribution is -0.384. The van der Waals surface area contributed by atoms with Crippen molar-refractivity contribution in [3.8, 4) is 5.75 Å². The highest BCUT2D eigenvalue weighted by molar-refractivity contribution is 6.23. The summed E-state index contributed by atoms with van der Waals surface area (Å²) in [5.74, 6) is -1.19. The van der Waals surface area contributed by atoms with Gasteiger partial charge in [0, 0.05) is 12.1 Å². The number of carbonyl (C=O) groups is 2. The van der Waals surface area contributed by atoms with Gasteiger partial charge < -0.3 is 4.74 Å².